The van der Waals surface area contributed by atoms with Crippen LogP contribution >= 0.6 is 0 Å². The molecule has 172 valence electrons. The number of aromatic nitrogens is 1. The van der Waals surface area contributed by atoms with E-state index in [-0.39, 0.29) is 18.9 Å². The van der Waals surface area contributed by atoms with Crippen LogP contribution < -0.4 is 10.2 Å². The van der Waals surface area contributed by atoms with Crippen LogP contribution in [0, 0.1) is 17.5 Å². The number of aliphatic hydroxyl groups excluding tert-OH is 2. The van der Waals surface area contributed by atoms with Gasteiger partial charge in [-0.1, -0.05) is 6.07 Å². The van der Waals surface area contributed by atoms with Gasteiger partial charge in [-0.25, -0.2) is 18.2 Å². The van der Waals surface area contributed by atoms with E-state index in [9.17, 15) is 23.1 Å². The molecule has 0 saturated heterocycles. The third kappa shape index (κ3) is 4.84. The van der Waals surface area contributed by atoms with Gasteiger partial charge in [-0.2, -0.15) is 0 Å². The van der Waals surface area contributed by atoms with Gasteiger partial charge in [0.1, 0.15) is 5.82 Å². The highest BCUT2D eigenvalue weighted by Crippen LogP contribution is 2.36. The molecular weight excluding hydrogens is 435 g/mol. The molecule has 1 aromatic heterocycles. The monoisotopic (exact) mass is 457 g/mol. The standard InChI is InChI=1S/C24H22F3N3O3/c25-19-9-15(10-20(26)23(19)27)8-14-4-6-28-22(11-14)30-7-5-17-18(2-1-3-21(17)30)24(33)29-12-16(32)13-31/h1-4,6,9-11,16,31-32H,5,7-8,12-13H2,(H,29,33)/t16-/m0/s1. The first-order chi connectivity index (χ1) is 15.9. The molecule has 33 heavy (non-hydrogen) atoms. The normalized spacial score (nSPS) is 13.7. The summed E-state index contributed by atoms with van der Waals surface area (Å²) in [6.07, 6.45) is 1.35. The molecule has 3 aromatic rings. The number of carbonyl (C=O) groups excluding carboxylic acids is 1. The van der Waals surface area contributed by atoms with E-state index in [4.69, 9.17) is 5.11 Å². The summed E-state index contributed by atoms with van der Waals surface area (Å²) in [5.74, 6) is -3.69. The lowest BCUT2D eigenvalue weighted by atomic mass is 10.0. The van der Waals surface area contributed by atoms with Crippen LogP contribution in [0.2, 0.25) is 0 Å². The Balaban J connectivity index is 1.56. The Morgan fingerprint density at radius 1 is 1.12 bits per heavy atom. The van der Waals surface area contributed by atoms with E-state index in [1.165, 1.54) is 0 Å². The maximum absolute atomic E-state index is 13.6. The summed E-state index contributed by atoms with van der Waals surface area (Å²) in [6.45, 7) is 0.0756. The predicted molar refractivity (Wildman–Crippen MR) is 116 cm³/mol. The van der Waals surface area contributed by atoms with Crippen molar-refractivity contribution in [2.45, 2.75) is 18.9 Å². The smallest absolute Gasteiger partial charge is 0.251 e. The molecule has 0 fully saturated rings. The van der Waals surface area contributed by atoms with E-state index in [0.717, 1.165) is 28.9 Å². The van der Waals surface area contributed by atoms with Crippen molar-refractivity contribution >= 4 is 17.4 Å². The van der Waals surface area contributed by atoms with Crippen molar-refractivity contribution in [3.63, 3.8) is 0 Å². The summed E-state index contributed by atoms with van der Waals surface area (Å²) >= 11 is 0. The third-order valence-corrected chi connectivity index (χ3v) is 5.52. The Labute approximate surface area is 188 Å². The molecule has 1 atom stereocenters. The fourth-order valence-corrected chi connectivity index (χ4v) is 3.92. The highest BCUT2D eigenvalue weighted by Gasteiger charge is 2.26. The Morgan fingerprint density at radius 3 is 2.61 bits per heavy atom. The van der Waals surface area contributed by atoms with Crippen LogP contribution in [-0.4, -0.2) is 46.9 Å². The van der Waals surface area contributed by atoms with Crippen molar-refractivity contribution in [1.82, 2.24) is 10.3 Å². The van der Waals surface area contributed by atoms with Crippen LogP contribution in [0.15, 0.2) is 48.7 Å². The number of aliphatic hydroxyl groups is 2. The number of fused-ring (bicyclic) bond motifs is 1. The molecule has 2 heterocycles. The highest BCUT2D eigenvalue weighted by molar-refractivity contribution is 5.98. The molecule has 0 saturated carbocycles. The second-order valence-electron chi connectivity index (χ2n) is 7.82. The topological polar surface area (TPSA) is 85.7 Å². The summed E-state index contributed by atoms with van der Waals surface area (Å²) in [4.78, 5) is 18.9. The minimum Gasteiger partial charge on any atom is -0.394 e. The number of carbonyl (C=O) groups is 1. The lowest BCUT2D eigenvalue weighted by Crippen LogP contribution is -2.34. The van der Waals surface area contributed by atoms with Crippen LogP contribution in [0.1, 0.15) is 27.0 Å². The molecule has 0 spiro atoms. The number of nitrogens with one attached hydrogen (secondary N) is 1. The van der Waals surface area contributed by atoms with E-state index < -0.39 is 30.2 Å². The lowest BCUT2D eigenvalue weighted by molar-refractivity contribution is 0.0801. The third-order valence-electron chi connectivity index (χ3n) is 5.52. The van der Waals surface area contributed by atoms with E-state index in [0.29, 0.717) is 29.9 Å². The second-order valence-corrected chi connectivity index (χ2v) is 7.82. The maximum Gasteiger partial charge on any atom is 0.251 e. The number of hydrogen-bond donors (Lipinski definition) is 3. The van der Waals surface area contributed by atoms with E-state index in [2.05, 4.69) is 10.3 Å². The summed E-state index contributed by atoms with van der Waals surface area (Å²) in [5.41, 5.74) is 3.17. The number of hydrogen-bond acceptors (Lipinski definition) is 5. The van der Waals surface area contributed by atoms with Crippen molar-refractivity contribution in [2.24, 2.45) is 0 Å². The van der Waals surface area contributed by atoms with Gasteiger partial charge in [-0.05, 0) is 65.9 Å². The fraction of sp³-hybridized carbons (Fsp3) is 0.250. The number of halogens is 3. The van der Waals surface area contributed by atoms with Gasteiger partial charge < -0.3 is 20.4 Å². The average molecular weight is 457 g/mol. The average Bonchev–Trinajstić information content (AvgIpc) is 3.25. The van der Waals surface area contributed by atoms with Gasteiger partial charge in [0.2, 0.25) is 0 Å². The second kappa shape index (κ2) is 9.60. The quantitative estimate of drug-likeness (QED) is 0.475. The van der Waals surface area contributed by atoms with Gasteiger partial charge in [0.15, 0.2) is 17.5 Å². The molecule has 0 bridgehead atoms. The number of pyridine rings is 1. The molecule has 1 aliphatic heterocycles. The van der Waals surface area contributed by atoms with Crippen molar-refractivity contribution < 1.29 is 28.2 Å². The maximum atomic E-state index is 13.6. The summed E-state index contributed by atoms with van der Waals surface area (Å²) < 4.78 is 40.4. The van der Waals surface area contributed by atoms with Crippen molar-refractivity contribution in [3.05, 3.63) is 88.4 Å². The summed E-state index contributed by atoms with van der Waals surface area (Å²) in [7, 11) is 0. The highest BCUT2D eigenvalue weighted by atomic mass is 19.2. The molecule has 4 rings (SSSR count). The number of nitrogens with zero attached hydrogens (tertiary/aromatic N) is 2. The molecule has 2 aromatic carbocycles. The van der Waals surface area contributed by atoms with Crippen LogP contribution in [0.3, 0.4) is 0 Å². The van der Waals surface area contributed by atoms with Crippen LogP contribution in [-0.2, 0) is 12.8 Å². The van der Waals surface area contributed by atoms with E-state index >= 15 is 0 Å². The molecule has 0 unspecified atom stereocenters. The van der Waals surface area contributed by atoms with Crippen molar-refractivity contribution in [1.29, 1.82) is 0 Å². The van der Waals surface area contributed by atoms with Gasteiger partial charge in [0.05, 0.1) is 12.7 Å². The number of anilines is 2. The Hall–Kier alpha value is -3.43. The van der Waals surface area contributed by atoms with Crippen LogP contribution in [0.4, 0.5) is 24.7 Å². The molecule has 1 amide bonds. The number of rotatable bonds is 7. The first-order valence-electron chi connectivity index (χ1n) is 10.4. The predicted octanol–water partition coefficient (Wildman–Crippen LogP) is 2.87. The molecule has 3 N–H and O–H groups in total. The number of amides is 1. The number of benzene rings is 2. The first kappa shape index (κ1) is 22.8. The zero-order valence-corrected chi connectivity index (χ0v) is 17.6. The largest absolute Gasteiger partial charge is 0.394 e. The van der Waals surface area contributed by atoms with Gasteiger partial charge in [0.25, 0.3) is 5.91 Å². The minimum absolute atomic E-state index is 0.0586. The van der Waals surface area contributed by atoms with E-state index in [1.54, 1.807) is 30.5 Å². The SMILES string of the molecule is O=C(NC[C@H](O)CO)c1cccc2c1CCN2c1cc(Cc2cc(F)c(F)c(F)c2)ccn1. The Morgan fingerprint density at radius 2 is 1.88 bits per heavy atom. The first-order valence-corrected chi connectivity index (χ1v) is 10.4. The molecule has 0 aliphatic carbocycles. The van der Waals surface area contributed by atoms with Crippen molar-refractivity contribution in [3.8, 4) is 0 Å². The zero-order chi connectivity index (χ0) is 23.5. The zero-order valence-electron chi connectivity index (χ0n) is 17.6. The summed E-state index contributed by atoms with van der Waals surface area (Å²) in [6, 6.07) is 10.8. The van der Waals surface area contributed by atoms with Crippen LogP contribution in [0.5, 0.6) is 0 Å². The lowest BCUT2D eigenvalue weighted by Gasteiger charge is -2.19. The van der Waals surface area contributed by atoms with Crippen molar-refractivity contribution in [2.75, 3.05) is 24.6 Å². The van der Waals surface area contributed by atoms with Gasteiger partial charge in [-0.3, -0.25) is 4.79 Å². The van der Waals surface area contributed by atoms with Gasteiger partial charge >= 0.3 is 0 Å². The van der Waals surface area contributed by atoms with E-state index in [1.807, 2.05) is 11.0 Å². The Bertz CT molecular complexity index is 1170. The summed E-state index contributed by atoms with van der Waals surface area (Å²) in [5, 5.41) is 21.0. The molecule has 1 aliphatic rings. The van der Waals surface area contributed by atoms with Crippen LogP contribution in [0.25, 0.3) is 0 Å². The Kier molecular flexibility index (Phi) is 6.62. The molecule has 6 nitrogen and oxygen atoms in total. The molecular formula is C24H22F3N3O3. The van der Waals surface area contributed by atoms with Gasteiger partial charge in [-0.15, -0.1) is 0 Å². The molecule has 9 heteroatoms. The fourth-order valence-electron chi connectivity index (χ4n) is 3.92. The molecule has 0 radical (unpaired) electrons. The van der Waals surface area contributed by atoms with Gasteiger partial charge in [0, 0.05) is 30.5 Å². The minimum atomic E-state index is -1.49.